The number of aliphatic hydroxyl groups excluding tert-OH is 1. The van der Waals surface area contributed by atoms with Crippen LogP contribution in [-0.2, 0) is 0 Å². The molecule has 0 saturated carbocycles. The molecule has 1 atom stereocenters. The highest BCUT2D eigenvalue weighted by atomic mass is 79.9. The van der Waals surface area contributed by atoms with E-state index >= 15 is 0 Å². The summed E-state index contributed by atoms with van der Waals surface area (Å²) in [7, 11) is 0. The number of hydrogen-bond acceptors (Lipinski definition) is 2. The fraction of sp³-hybridized carbons (Fsp3) is 0.333. The maximum atomic E-state index is 11.8. The minimum atomic E-state index is -2.81. The Morgan fingerprint density at radius 1 is 1.55 bits per heavy atom. The molecule has 1 unspecified atom stereocenters. The molecule has 0 fully saturated rings. The molecule has 1 aromatic heterocycles. The van der Waals surface area contributed by atoms with Gasteiger partial charge in [-0.3, -0.25) is 0 Å². The van der Waals surface area contributed by atoms with Crippen molar-refractivity contribution in [3.8, 4) is 0 Å². The largest absolute Gasteiger partial charge is 0.465 e. The molecular weight excluding hydrogens is 222 g/mol. The van der Waals surface area contributed by atoms with E-state index in [0.29, 0.717) is 4.47 Å². The Labute approximate surface area is 69.9 Å². The molecule has 1 aromatic rings. The van der Waals surface area contributed by atoms with E-state index in [0.717, 1.165) is 0 Å². The van der Waals surface area contributed by atoms with Crippen LogP contribution in [0, 0.1) is 0 Å². The normalized spacial score (nSPS) is 13.9. The Morgan fingerprint density at radius 2 is 2.18 bits per heavy atom. The lowest BCUT2D eigenvalue weighted by Crippen LogP contribution is -2.06. The van der Waals surface area contributed by atoms with Crippen LogP contribution in [0.1, 0.15) is 11.9 Å². The van der Waals surface area contributed by atoms with Crippen LogP contribution < -0.4 is 0 Å². The number of rotatable bonds is 2. The van der Waals surface area contributed by atoms with E-state index in [9.17, 15) is 8.78 Å². The van der Waals surface area contributed by atoms with Crippen LogP contribution in [-0.4, -0.2) is 11.5 Å². The van der Waals surface area contributed by atoms with Crippen molar-refractivity contribution in [1.29, 1.82) is 0 Å². The van der Waals surface area contributed by atoms with Crippen LogP contribution in [0.4, 0.5) is 8.78 Å². The summed E-state index contributed by atoms with van der Waals surface area (Å²) in [6.07, 6.45) is -3.41. The molecule has 0 spiro atoms. The molecular formula is C6H5BrF2O2. The Bertz CT molecular complexity index is 236. The second-order valence-corrected chi connectivity index (χ2v) is 2.86. The van der Waals surface area contributed by atoms with Crippen LogP contribution in [0.15, 0.2) is 21.2 Å². The Hall–Kier alpha value is -0.420. The SMILES string of the molecule is OC(c1cc(Br)co1)C(F)F. The van der Waals surface area contributed by atoms with Crippen LogP contribution in [0.25, 0.3) is 0 Å². The molecule has 0 saturated heterocycles. The zero-order valence-electron chi connectivity index (χ0n) is 5.30. The van der Waals surface area contributed by atoms with Crippen LogP contribution in [0.3, 0.4) is 0 Å². The smallest absolute Gasteiger partial charge is 0.271 e. The summed E-state index contributed by atoms with van der Waals surface area (Å²) in [6.45, 7) is 0. The van der Waals surface area contributed by atoms with Crippen molar-refractivity contribution in [2.75, 3.05) is 0 Å². The molecule has 1 heterocycles. The van der Waals surface area contributed by atoms with Gasteiger partial charge in [-0.25, -0.2) is 8.78 Å². The summed E-state index contributed by atoms with van der Waals surface area (Å²) in [4.78, 5) is 0. The van der Waals surface area contributed by atoms with E-state index in [1.165, 1.54) is 12.3 Å². The molecule has 0 amide bonds. The van der Waals surface area contributed by atoms with Gasteiger partial charge in [-0.05, 0) is 22.0 Å². The van der Waals surface area contributed by atoms with Crippen molar-refractivity contribution in [1.82, 2.24) is 0 Å². The van der Waals surface area contributed by atoms with E-state index in [4.69, 9.17) is 5.11 Å². The standard InChI is InChI=1S/C6H5BrF2O2/c7-3-1-4(11-2-3)5(10)6(8)9/h1-2,5-6,10H. The number of furan rings is 1. The second kappa shape index (κ2) is 3.32. The molecule has 0 aromatic carbocycles. The fourth-order valence-corrected chi connectivity index (χ4v) is 0.927. The van der Waals surface area contributed by atoms with Crippen molar-refractivity contribution in [2.45, 2.75) is 12.5 Å². The van der Waals surface area contributed by atoms with E-state index < -0.39 is 12.5 Å². The van der Waals surface area contributed by atoms with E-state index in [2.05, 4.69) is 20.3 Å². The van der Waals surface area contributed by atoms with Gasteiger partial charge in [-0.15, -0.1) is 0 Å². The van der Waals surface area contributed by atoms with Gasteiger partial charge in [0.1, 0.15) is 12.0 Å². The number of halogens is 3. The van der Waals surface area contributed by atoms with Gasteiger partial charge >= 0.3 is 0 Å². The third-order valence-corrected chi connectivity index (χ3v) is 1.53. The first-order valence-corrected chi connectivity index (χ1v) is 3.60. The minimum Gasteiger partial charge on any atom is -0.465 e. The van der Waals surface area contributed by atoms with E-state index in [1.807, 2.05) is 0 Å². The van der Waals surface area contributed by atoms with Crippen LogP contribution in [0.2, 0.25) is 0 Å². The van der Waals surface area contributed by atoms with Crippen LogP contribution in [0.5, 0.6) is 0 Å². The summed E-state index contributed by atoms with van der Waals surface area (Å²) in [5, 5.41) is 8.75. The van der Waals surface area contributed by atoms with E-state index in [-0.39, 0.29) is 5.76 Å². The van der Waals surface area contributed by atoms with Gasteiger partial charge in [0.25, 0.3) is 6.43 Å². The molecule has 1 N–H and O–H groups in total. The maximum Gasteiger partial charge on any atom is 0.271 e. The quantitative estimate of drug-likeness (QED) is 0.840. The molecule has 5 heteroatoms. The maximum absolute atomic E-state index is 11.8. The molecule has 2 nitrogen and oxygen atoms in total. The molecule has 1 rings (SSSR count). The molecule has 0 aliphatic carbocycles. The van der Waals surface area contributed by atoms with Crippen molar-refractivity contribution < 1.29 is 18.3 Å². The topological polar surface area (TPSA) is 33.4 Å². The minimum absolute atomic E-state index is 0.133. The van der Waals surface area contributed by atoms with Crippen molar-refractivity contribution in [2.24, 2.45) is 0 Å². The summed E-state index contributed by atoms with van der Waals surface area (Å²) in [5.74, 6) is -0.133. The van der Waals surface area contributed by atoms with E-state index in [1.54, 1.807) is 0 Å². The first kappa shape index (κ1) is 8.67. The van der Waals surface area contributed by atoms with Crippen molar-refractivity contribution in [3.05, 3.63) is 22.6 Å². The Morgan fingerprint density at radius 3 is 2.55 bits per heavy atom. The monoisotopic (exact) mass is 226 g/mol. The molecule has 0 bridgehead atoms. The average molecular weight is 227 g/mol. The predicted octanol–water partition coefficient (Wildman–Crippen LogP) is 2.34. The van der Waals surface area contributed by atoms with Gasteiger partial charge in [-0.1, -0.05) is 0 Å². The average Bonchev–Trinajstić information content (AvgIpc) is 2.34. The highest BCUT2D eigenvalue weighted by Gasteiger charge is 2.22. The fourth-order valence-electron chi connectivity index (χ4n) is 0.608. The van der Waals surface area contributed by atoms with Gasteiger partial charge < -0.3 is 9.52 Å². The van der Waals surface area contributed by atoms with Gasteiger partial charge in [0, 0.05) is 0 Å². The van der Waals surface area contributed by atoms with Gasteiger partial charge in [0.05, 0.1) is 4.47 Å². The Balaban J connectivity index is 2.76. The highest BCUT2D eigenvalue weighted by Crippen LogP contribution is 2.24. The molecule has 0 radical (unpaired) electrons. The first-order chi connectivity index (χ1) is 5.11. The zero-order valence-corrected chi connectivity index (χ0v) is 6.88. The summed E-state index contributed by atoms with van der Waals surface area (Å²) in [6, 6.07) is 1.30. The molecule has 0 aliphatic heterocycles. The molecule has 0 aliphatic rings. The number of hydrogen-bond donors (Lipinski definition) is 1. The molecule has 11 heavy (non-hydrogen) atoms. The van der Waals surface area contributed by atoms with Gasteiger partial charge in [0.2, 0.25) is 0 Å². The number of aliphatic hydroxyl groups is 1. The highest BCUT2D eigenvalue weighted by molar-refractivity contribution is 9.10. The lowest BCUT2D eigenvalue weighted by Gasteiger charge is -2.03. The third-order valence-electron chi connectivity index (χ3n) is 1.12. The summed E-state index contributed by atoms with van der Waals surface area (Å²) < 4.78 is 28.7. The predicted molar refractivity (Wildman–Crippen MR) is 37.4 cm³/mol. The van der Waals surface area contributed by atoms with Crippen molar-refractivity contribution >= 4 is 15.9 Å². The van der Waals surface area contributed by atoms with Crippen LogP contribution >= 0.6 is 15.9 Å². The second-order valence-electron chi connectivity index (χ2n) is 1.95. The lowest BCUT2D eigenvalue weighted by atomic mass is 10.3. The lowest BCUT2D eigenvalue weighted by molar-refractivity contribution is -0.0176. The summed E-state index contributed by atoms with van der Waals surface area (Å²) >= 11 is 3.00. The third kappa shape index (κ3) is 2.00. The number of alkyl halides is 2. The Kier molecular flexibility index (Phi) is 2.62. The van der Waals surface area contributed by atoms with Gasteiger partial charge in [0.15, 0.2) is 6.10 Å². The van der Waals surface area contributed by atoms with Gasteiger partial charge in [-0.2, -0.15) is 0 Å². The first-order valence-electron chi connectivity index (χ1n) is 2.81. The molecule has 62 valence electrons. The zero-order chi connectivity index (χ0) is 8.43. The summed E-state index contributed by atoms with van der Waals surface area (Å²) in [5.41, 5.74) is 0. The van der Waals surface area contributed by atoms with Crippen molar-refractivity contribution in [3.63, 3.8) is 0 Å².